The van der Waals surface area contributed by atoms with Crippen molar-refractivity contribution in [2.45, 2.75) is 39.8 Å². The number of rotatable bonds is 6. The molecule has 3 aromatic rings. The summed E-state index contributed by atoms with van der Waals surface area (Å²) in [5, 5.41) is 5.85. The summed E-state index contributed by atoms with van der Waals surface area (Å²) in [6, 6.07) is 5.34. The van der Waals surface area contributed by atoms with Crippen LogP contribution in [0.15, 0.2) is 36.9 Å². The second-order valence-electron chi connectivity index (χ2n) is 6.06. The minimum absolute atomic E-state index is 0.159. The minimum Gasteiger partial charge on any atom is -0.439 e. The summed E-state index contributed by atoms with van der Waals surface area (Å²) in [5.41, 5.74) is 2.04. The summed E-state index contributed by atoms with van der Waals surface area (Å²) < 4.78 is 10.1. The van der Waals surface area contributed by atoms with Gasteiger partial charge in [-0.1, -0.05) is 30.1 Å². The molecule has 0 fully saturated rings. The molecule has 0 unspecified atom stereocenters. The molecule has 5 nitrogen and oxygen atoms in total. The van der Waals surface area contributed by atoms with Crippen LogP contribution in [0.1, 0.15) is 38.1 Å². The molecule has 25 heavy (non-hydrogen) atoms. The predicted molar refractivity (Wildman–Crippen MR) is 99.9 cm³/mol. The summed E-state index contributed by atoms with van der Waals surface area (Å²) >= 11 is 12.2. The van der Waals surface area contributed by atoms with E-state index in [1.807, 2.05) is 15.4 Å². The van der Waals surface area contributed by atoms with E-state index in [2.05, 4.69) is 25.8 Å². The molecule has 2 heterocycles. The quantitative estimate of drug-likeness (QED) is 0.578. The van der Waals surface area contributed by atoms with Crippen LogP contribution in [0.5, 0.6) is 11.6 Å². The second kappa shape index (κ2) is 7.50. The molecule has 0 aliphatic carbocycles. The highest BCUT2D eigenvalue weighted by Gasteiger charge is 2.21. The number of benzene rings is 1. The number of halogens is 2. The third kappa shape index (κ3) is 3.99. The first kappa shape index (κ1) is 17.8. The maximum atomic E-state index is 6.16. The van der Waals surface area contributed by atoms with Gasteiger partial charge < -0.3 is 9.30 Å². The van der Waals surface area contributed by atoms with Crippen molar-refractivity contribution in [2.75, 3.05) is 0 Å². The van der Waals surface area contributed by atoms with Gasteiger partial charge in [-0.2, -0.15) is 5.10 Å². The molecule has 0 radical (unpaired) electrons. The lowest BCUT2D eigenvalue weighted by Gasteiger charge is -2.13. The molecule has 1 aromatic carbocycles. The van der Waals surface area contributed by atoms with Crippen LogP contribution in [-0.4, -0.2) is 19.3 Å². The van der Waals surface area contributed by atoms with Gasteiger partial charge in [0.15, 0.2) is 0 Å². The Balaban J connectivity index is 2.02. The van der Waals surface area contributed by atoms with Crippen molar-refractivity contribution in [1.82, 2.24) is 19.3 Å². The lowest BCUT2D eigenvalue weighted by Crippen LogP contribution is -2.06. The van der Waals surface area contributed by atoms with Gasteiger partial charge in [0.05, 0.1) is 24.6 Å². The number of imidazole rings is 1. The van der Waals surface area contributed by atoms with Crippen LogP contribution >= 0.6 is 23.2 Å². The fourth-order valence-corrected chi connectivity index (χ4v) is 3.20. The Morgan fingerprint density at radius 2 is 1.88 bits per heavy atom. The van der Waals surface area contributed by atoms with Gasteiger partial charge in [-0.3, -0.25) is 0 Å². The summed E-state index contributed by atoms with van der Waals surface area (Å²) in [7, 11) is 0. The smallest absolute Gasteiger partial charge is 0.221 e. The van der Waals surface area contributed by atoms with E-state index >= 15 is 0 Å². The van der Waals surface area contributed by atoms with Crippen LogP contribution in [0.25, 0.3) is 0 Å². The zero-order valence-corrected chi connectivity index (χ0v) is 15.9. The molecule has 3 rings (SSSR count). The van der Waals surface area contributed by atoms with Gasteiger partial charge >= 0.3 is 0 Å². The average molecular weight is 379 g/mol. The summed E-state index contributed by atoms with van der Waals surface area (Å²) in [6.45, 7) is 6.89. The molecule has 132 valence electrons. The molecule has 0 aliphatic rings. The van der Waals surface area contributed by atoms with E-state index in [9.17, 15) is 0 Å². The molecule has 0 N–H and O–H groups in total. The van der Waals surface area contributed by atoms with E-state index in [0.717, 1.165) is 23.6 Å². The molecule has 0 aliphatic heterocycles. The lowest BCUT2D eigenvalue weighted by atomic mass is 10.2. The topological polar surface area (TPSA) is 44.9 Å². The number of aromatic nitrogens is 4. The zero-order chi connectivity index (χ0) is 18.0. The number of hydrogen-bond donors (Lipinski definition) is 0. The van der Waals surface area contributed by atoms with E-state index in [1.165, 1.54) is 0 Å². The Kier molecular flexibility index (Phi) is 5.35. The Bertz CT molecular complexity index is 836. The first-order chi connectivity index (χ1) is 12.0. The highest BCUT2D eigenvalue weighted by molar-refractivity contribution is 6.34. The number of hydrogen-bond acceptors (Lipinski definition) is 3. The number of ether oxygens (including phenoxy) is 1. The van der Waals surface area contributed by atoms with E-state index < -0.39 is 0 Å². The Morgan fingerprint density at radius 1 is 1.16 bits per heavy atom. The van der Waals surface area contributed by atoms with Gasteiger partial charge in [-0.25, -0.2) is 9.67 Å². The van der Waals surface area contributed by atoms with E-state index in [-0.39, 0.29) is 6.04 Å². The molecule has 0 saturated carbocycles. The summed E-state index contributed by atoms with van der Waals surface area (Å²) in [4.78, 5) is 4.09. The van der Waals surface area contributed by atoms with Crippen molar-refractivity contribution in [3.63, 3.8) is 0 Å². The first-order valence-electron chi connectivity index (χ1n) is 8.17. The molecular formula is C18H20Cl2N4O. The molecule has 0 atom stereocenters. The number of nitrogens with zero attached hydrogens (tertiary/aromatic N) is 4. The van der Waals surface area contributed by atoms with Crippen molar-refractivity contribution >= 4 is 23.2 Å². The minimum atomic E-state index is 0.159. The van der Waals surface area contributed by atoms with Gasteiger partial charge in [-0.15, -0.1) is 0 Å². The van der Waals surface area contributed by atoms with E-state index in [0.29, 0.717) is 22.3 Å². The molecule has 0 saturated heterocycles. The maximum absolute atomic E-state index is 6.16. The van der Waals surface area contributed by atoms with Gasteiger partial charge in [0.1, 0.15) is 5.75 Å². The standard InChI is InChI=1S/C18H20Cl2N4O/c1-4-16-17(10-23-6-5-21-11-23)22-24(12(2)3)18(16)25-15-8-13(19)7-14(20)9-15/h5-9,11-12H,4,10H2,1-3H3. The second-order valence-corrected chi connectivity index (χ2v) is 6.94. The highest BCUT2D eigenvalue weighted by Crippen LogP contribution is 2.34. The van der Waals surface area contributed by atoms with Gasteiger partial charge in [0, 0.05) is 28.0 Å². The van der Waals surface area contributed by atoms with E-state index in [1.54, 1.807) is 30.7 Å². The molecular weight excluding hydrogens is 359 g/mol. The van der Waals surface area contributed by atoms with Crippen molar-refractivity contribution in [3.8, 4) is 11.6 Å². The fourth-order valence-electron chi connectivity index (χ4n) is 2.69. The van der Waals surface area contributed by atoms with Crippen molar-refractivity contribution in [3.05, 3.63) is 58.2 Å². The van der Waals surface area contributed by atoms with Crippen LogP contribution in [0.2, 0.25) is 10.0 Å². The normalized spacial score (nSPS) is 11.3. The predicted octanol–water partition coefficient (Wildman–Crippen LogP) is 5.37. The van der Waals surface area contributed by atoms with Crippen LogP contribution < -0.4 is 4.74 Å². The highest BCUT2D eigenvalue weighted by atomic mass is 35.5. The summed E-state index contributed by atoms with van der Waals surface area (Å²) in [5.74, 6) is 1.33. The molecule has 7 heteroatoms. The van der Waals surface area contributed by atoms with Crippen LogP contribution in [0.4, 0.5) is 0 Å². The maximum Gasteiger partial charge on any atom is 0.221 e. The Morgan fingerprint density at radius 3 is 2.44 bits per heavy atom. The molecule has 0 bridgehead atoms. The monoisotopic (exact) mass is 378 g/mol. The third-order valence-corrected chi connectivity index (χ3v) is 4.26. The molecule has 2 aromatic heterocycles. The first-order valence-corrected chi connectivity index (χ1v) is 8.93. The zero-order valence-electron chi connectivity index (χ0n) is 14.4. The van der Waals surface area contributed by atoms with Crippen molar-refractivity contribution in [2.24, 2.45) is 0 Å². The Labute approximate surface area is 157 Å². The van der Waals surface area contributed by atoms with Crippen LogP contribution in [0, 0.1) is 0 Å². The lowest BCUT2D eigenvalue weighted by molar-refractivity contribution is 0.385. The van der Waals surface area contributed by atoms with Crippen LogP contribution in [0.3, 0.4) is 0 Å². The van der Waals surface area contributed by atoms with Gasteiger partial charge in [0.2, 0.25) is 5.88 Å². The van der Waals surface area contributed by atoms with Crippen molar-refractivity contribution < 1.29 is 4.74 Å². The van der Waals surface area contributed by atoms with E-state index in [4.69, 9.17) is 33.0 Å². The van der Waals surface area contributed by atoms with Crippen LogP contribution in [-0.2, 0) is 13.0 Å². The third-order valence-electron chi connectivity index (χ3n) is 3.83. The SMILES string of the molecule is CCc1c(Cn2ccnc2)nn(C(C)C)c1Oc1cc(Cl)cc(Cl)c1. The molecule has 0 spiro atoms. The van der Waals surface area contributed by atoms with Gasteiger partial charge in [0.25, 0.3) is 0 Å². The average Bonchev–Trinajstić information content (AvgIpc) is 3.14. The fraction of sp³-hybridized carbons (Fsp3) is 0.333. The summed E-state index contributed by atoms with van der Waals surface area (Å²) in [6.07, 6.45) is 6.27. The Hall–Kier alpha value is -1.98. The van der Waals surface area contributed by atoms with Gasteiger partial charge in [-0.05, 0) is 38.5 Å². The largest absolute Gasteiger partial charge is 0.439 e. The molecule has 0 amide bonds. The van der Waals surface area contributed by atoms with Crippen molar-refractivity contribution in [1.29, 1.82) is 0 Å².